The fourth-order valence-electron chi connectivity index (χ4n) is 1.82. The molecule has 1 aliphatic rings. The van der Waals surface area contributed by atoms with E-state index in [4.69, 9.17) is 14.2 Å². The van der Waals surface area contributed by atoms with Crippen LogP contribution in [-0.2, 0) is 14.2 Å². The topological polar surface area (TPSA) is 47.9 Å². The zero-order valence-electron chi connectivity index (χ0n) is 8.56. The molecule has 0 saturated carbocycles. The lowest BCUT2D eigenvalue weighted by Crippen LogP contribution is -2.57. The van der Waals surface area contributed by atoms with Crippen LogP contribution in [0.3, 0.4) is 0 Å². The van der Waals surface area contributed by atoms with Gasteiger partial charge in [-0.1, -0.05) is 0 Å². The first-order chi connectivity index (χ1) is 6.11. The van der Waals surface area contributed by atoms with E-state index < -0.39 is 6.10 Å². The van der Waals surface area contributed by atoms with Gasteiger partial charge in [-0.2, -0.15) is 0 Å². The molecule has 1 fully saturated rings. The SMILES string of the molecule is COC1C(O)[C@H](C)OC(C)[C@@H]1OC. The third-order valence-electron chi connectivity index (χ3n) is 2.58. The average molecular weight is 190 g/mol. The molecule has 0 amide bonds. The summed E-state index contributed by atoms with van der Waals surface area (Å²) in [7, 11) is 3.17. The summed E-state index contributed by atoms with van der Waals surface area (Å²) in [6.07, 6.45) is -1.37. The highest BCUT2D eigenvalue weighted by Crippen LogP contribution is 2.24. The van der Waals surface area contributed by atoms with Gasteiger partial charge in [0.05, 0.1) is 12.2 Å². The van der Waals surface area contributed by atoms with Gasteiger partial charge in [0, 0.05) is 14.2 Å². The second-order valence-electron chi connectivity index (χ2n) is 3.44. The zero-order valence-corrected chi connectivity index (χ0v) is 8.56. The van der Waals surface area contributed by atoms with Gasteiger partial charge in [0.15, 0.2) is 0 Å². The van der Waals surface area contributed by atoms with E-state index in [1.165, 1.54) is 0 Å². The number of ether oxygens (including phenoxy) is 3. The number of aliphatic hydroxyl groups is 1. The van der Waals surface area contributed by atoms with Crippen LogP contribution < -0.4 is 0 Å². The number of hydrogen-bond donors (Lipinski definition) is 1. The van der Waals surface area contributed by atoms with E-state index in [2.05, 4.69) is 0 Å². The van der Waals surface area contributed by atoms with Crippen LogP contribution in [0.1, 0.15) is 13.8 Å². The number of hydrogen-bond acceptors (Lipinski definition) is 4. The van der Waals surface area contributed by atoms with E-state index in [9.17, 15) is 5.11 Å². The molecule has 0 aromatic carbocycles. The number of methoxy groups -OCH3 is 2. The minimum Gasteiger partial charge on any atom is -0.388 e. The lowest BCUT2D eigenvalue weighted by molar-refractivity contribution is -0.226. The highest BCUT2D eigenvalue weighted by molar-refractivity contribution is 4.90. The Balaban J connectivity index is 2.71. The third-order valence-corrected chi connectivity index (χ3v) is 2.58. The molecule has 0 spiro atoms. The molecule has 1 aliphatic heterocycles. The van der Waals surface area contributed by atoms with Gasteiger partial charge in [0.25, 0.3) is 0 Å². The Labute approximate surface area is 78.8 Å². The maximum atomic E-state index is 9.73. The second-order valence-corrected chi connectivity index (χ2v) is 3.44. The van der Waals surface area contributed by atoms with Gasteiger partial charge in [-0.3, -0.25) is 0 Å². The molecule has 1 heterocycles. The Bertz CT molecular complexity index is 162. The van der Waals surface area contributed by atoms with E-state index in [0.717, 1.165) is 0 Å². The highest BCUT2D eigenvalue weighted by atomic mass is 16.6. The van der Waals surface area contributed by atoms with Gasteiger partial charge in [0.1, 0.15) is 18.3 Å². The summed E-state index contributed by atoms with van der Waals surface area (Å²) in [6.45, 7) is 3.75. The normalized spacial score (nSPS) is 46.4. The van der Waals surface area contributed by atoms with Crippen LogP contribution in [0.15, 0.2) is 0 Å². The Morgan fingerprint density at radius 2 is 1.54 bits per heavy atom. The van der Waals surface area contributed by atoms with Gasteiger partial charge in [-0.05, 0) is 13.8 Å². The summed E-state index contributed by atoms with van der Waals surface area (Å²) in [5, 5.41) is 9.73. The first-order valence-corrected chi connectivity index (χ1v) is 4.51. The van der Waals surface area contributed by atoms with Crippen LogP contribution in [0, 0.1) is 0 Å². The lowest BCUT2D eigenvalue weighted by atomic mass is 9.96. The van der Waals surface area contributed by atoms with Gasteiger partial charge < -0.3 is 19.3 Å². The van der Waals surface area contributed by atoms with Gasteiger partial charge in [-0.25, -0.2) is 0 Å². The standard InChI is InChI=1S/C9H18O4/c1-5-7(10)9(12-4)8(11-3)6(2)13-5/h5-10H,1-4H3/t5-,6?,7?,8-,9?/m0/s1. The van der Waals surface area contributed by atoms with Crippen molar-refractivity contribution in [3.63, 3.8) is 0 Å². The van der Waals surface area contributed by atoms with Crippen molar-refractivity contribution in [3.05, 3.63) is 0 Å². The Kier molecular flexibility index (Phi) is 3.67. The molecule has 4 nitrogen and oxygen atoms in total. The molecule has 5 atom stereocenters. The van der Waals surface area contributed by atoms with Crippen molar-refractivity contribution in [2.75, 3.05) is 14.2 Å². The van der Waals surface area contributed by atoms with Crippen molar-refractivity contribution in [1.82, 2.24) is 0 Å². The minimum atomic E-state index is -0.619. The largest absolute Gasteiger partial charge is 0.388 e. The van der Waals surface area contributed by atoms with Gasteiger partial charge in [-0.15, -0.1) is 0 Å². The molecule has 0 aromatic heterocycles. The molecular weight excluding hydrogens is 172 g/mol. The third kappa shape index (κ3) is 2.02. The summed E-state index contributed by atoms with van der Waals surface area (Å²) in [6, 6.07) is 0. The van der Waals surface area contributed by atoms with E-state index in [0.29, 0.717) is 0 Å². The first kappa shape index (κ1) is 10.9. The second kappa shape index (κ2) is 4.37. The van der Waals surface area contributed by atoms with Crippen molar-refractivity contribution in [2.24, 2.45) is 0 Å². The molecule has 1 N–H and O–H groups in total. The predicted molar refractivity (Wildman–Crippen MR) is 47.6 cm³/mol. The van der Waals surface area contributed by atoms with Gasteiger partial charge in [0.2, 0.25) is 0 Å². The number of aliphatic hydroxyl groups excluding tert-OH is 1. The Morgan fingerprint density at radius 3 is 2.00 bits per heavy atom. The zero-order chi connectivity index (χ0) is 10.0. The summed E-state index contributed by atoms with van der Waals surface area (Å²) in [4.78, 5) is 0. The van der Waals surface area contributed by atoms with Crippen LogP contribution in [0.25, 0.3) is 0 Å². The highest BCUT2D eigenvalue weighted by Gasteiger charge is 2.41. The summed E-state index contributed by atoms with van der Waals surface area (Å²) in [5.74, 6) is 0. The molecule has 1 saturated heterocycles. The van der Waals surface area contributed by atoms with Crippen molar-refractivity contribution < 1.29 is 19.3 Å². The van der Waals surface area contributed by atoms with Crippen LogP contribution in [0.2, 0.25) is 0 Å². The average Bonchev–Trinajstić information content (AvgIpc) is 2.10. The molecule has 78 valence electrons. The summed E-state index contributed by atoms with van der Waals surface area (Å²) >= 11 is 0. The molecule has 1 rings (SSSR count). The van der Waals surface area contributed by atoms with Crippen molar-refractivity contribution in [2.45, 2.75) is 44.4 Å². The molecule has 13 heavy (non-hydrogen) atoms. The molecule has 4 heteroatoms. The lowest BCUT2D eigenvalue weighted by Gasteiger charge is -2.41. The first-order valence-electron chi connectivity index (χ1n) is 4.51. The Morgan fingerprint density at radius 1 is 1.00 bits per heavy atom. The van der Waals surface area contributed by atoms with Crippen molar-refractivity contribution in [3.8, 4) is 0 Å². The molecular formula is C9H18O4. The van der Waals surface area contributed by atoms with E-state index in [-0.39, 0.29) is 24.4 Å². The predicted octanol–water partition coefficient (Wildman–Crippen LogP) is 0.184. The van der Waals surface area contributed by atoms with Crippen LogP contribution in [0.5, 0.6) is 0 Å². The molecule has 3 unspecified atom stereocenters. The van der Waals surface area contributed by atoms with Crippen LogP contribution in [-0.4, -0.2) is 49.8 Å². The minimum absolute atomic E-state index is 0.0478. The fraction of sp³-hybridized carbons (Fsp3) is 1.00. The quantitative estimate of drug-likeness (QED) is 0.675. The maximum Gasteiger partial charge on any atom is 0.114 e. The molecule has 0 aliphatic carbocycles. The van der Waals surface area contributed by atoms with Gasteiger partial charge >= 0.3 is 0 Å². The van der Waals surface area contributed by atoms with Crippen LogP contribution in [0.4, 0.5) is 0 Å². The molecule has 0 radical (unpaired) electrons. The maximum absolute atomic E-state index is 9.73. The van der Waals surface area contributed by atoms with Crippen molar-refractivity contribution >= 4 is 0 Å². The fourth-order valence-corrected chi connectivity index (χ4v) is 1.82. The summed E-state index contributed by atoms with van der Waals surface area (Å²) < 4.78 is 15.9. The van der Waals surface area contributed by atoms with Crippen LogP contribution >= 0.6 is 0 Å². The Hall–Kier alpha value is -0.160. The molecule has 0 bridgehead atoms. The van der Waals surface area contributed by atoms with E-state index in [1.54, 1.807) is 14.2 Å². The van der Waals surface area contributed by atoms with E-state index >= 15 is 0 Å². The van der Waals surface area contributed by atoms with E-state index in [1.807, 2.05) is 13.8 Å². The monoisotopic (exact) mass is 190 g/mol. The number of rotatable bonds is 2. The van der Waals surface area contributed by atoms with Crippen molar-refractivity contribution in [1.29, 1.82) is 0 Å². The summed E-state index contributed by atoms with van der Waals surface area (Å²) in [5.41, 5.74) is 0. The molecule has 0 aromatic rings. The smallest absolute Gasteiger partial charge is 0.114 e.